The number of ether oxygens (including phenoxy) is 2. The second-order valence-corrected chi connectivity index (χ2v) is 6.40. The first kappa shape index (κ1) is 18.1. The number of nitrogens with one attached hydrogen (secondary N) is 1. The molecule has 0 spiro atoms. The van der Waals surface area contributed by atoms with Crippen molar-refractivity contribution in [3.05, 3.63) is 35.6 Å². The second-order valence-electron chi connectivity index (χ2n) is 6.40. The van der Waals surface area contributed by atoms with Crippen LogP contribution >= 0.6 is 0 Å². The van der Waals surface area contributed by atoms with Gasteiger partial charge < -0.3 is 14.8 Å². The third-order valence-electron chi connectivity index (χ3n) is 4.55. The van der Waals surface area contributed by atoms with Gasteiger partial charge in [0.15, 0.2) is 0 Å². The molecule has 2 aromatic rings. The summed E-state index contributed by atoms with van der Waals surface area (Å²) in [4.78, 5) is 11.9. The molecule has 6 nitrogen and oxygen atoms in total. The molecule has 1 aliphatic heterocycles. The summed E-state index contributed by atoms with van der Waals surface area (Å²) in [5.41, 5.74) is 1.82. The normalized spacial score (nSPS) is 16.5. The number of hydrogen-bond donors (Lipinski definition) is 1. The van der Waals surface area contributed by atoms with Crippen molar-refractivity contribution in [2.75, 3.05) is 13.7 Å². The zero-order chi connectivity index (χ0) is 18.7. The van der Waals surface area contributed by atoms with E-state index in [9.17, 15) is 9.18 Å². The van der Waals surface area contributed by atoms with E-state index >= 15 is 0 Å². The average Bonchev–Trinajstić information content (AvgIpc) is 3.07. The number of rotatable bonds is 6. The maximum Gasteiger partial charge on any atom is 0.233 e. The molecule has 1 aromatic carbocycles. The molecule has 0 aliphatic carbocycles. The predicted octanol–water partition coefficient (Wildman–Crippen LogP) is 2.76. The van der Waals surface area contributed by atoms with Crippen LogP contribution in [0.4, 0.5) is 4.39 Å². The predicted molar refractivity (Wildman–Crippen MR) is 94.6 cm³/mol. The van der Waals surface area contributed by atoms with Crippen molar-refractivity contribution in [1.29, 1.82) is 0 Å². The van der Waals surface area contributed by atoms with Gasteiger partial charge in [0.2, 0.25) is 11.8 Å². The molecular weight excluding hydrogens is 337 g/mol. The Kier molecular flexibility index (Phi) is 5.35. The van der Waals surface area contributed by atoms with Gasteiger partial charge in [-0.1, -0.05) is 13.8 Å². The van der Waals surface area contributed by atoms with Gasteiger partial charge >= 0.3 is 0 Å². The van der Waals surface area contributed by atoms with Crippen molar-refractivity contribution in [2.45, 2.75) is 32.8 Å². The van der Waals surface area contributed by atoms with Crippen LogP contribution in [0.2, 0.25) is 0 Å². The number of methoxy groups -OCH3 is 1. The number of hydrogen-bond acceptors (Lipinski definition) is 5. The molecule has 1 amide bonds. The van der Waals surface area contributed by atoms with Crippen LogP contribution in [0.3, 0.4) is 0 Å². The largest absolute Gasteiger partial charge is 0.487 e. The Balaban J connectivity index is 1.78. The molecule has 26 heavy (non-hydrogen) atoms. The summed E-state index contributed by atoms with van der Waals surface area (Å²) in [7, 11) is 1.50. The van der Waals surface area contributed by atoms with Crippen LogP contribution in [0.25, 0.3) is 11.3 Å². The lowest BCUT2D eigenvalue weighted by molar-refractivity contribution is -0.124. The van der Waals surface area contributed by atoms with Crippen LogP contribution in [-0.2, 0) is 11.2 Å². The van der Waals surface area contributed by atoms with Crippen molar-refractivity contribution >= 4 is 5.91 Å². The standard InChI is InChI=1S/C19H22FN3O3/c1-4-11(2)19(24)21-10-14-8-12-7-13(20)9-15(18(12)26-14)16-5-6-17(25-3)23-22-16/h5-7,9,11,14H,4,8,10H2,1-3H3,(H,21,24). The van der Waals surface area contributed by atoms with Crippen LogP contribution in [0.5, 0.6) is 11.6 Å². The summed E-state index contributed by atoms with van der Waals surface area (Å²) in [6.07, 6.45) is 1.08. The molecule has 0 radical (unpaired) electrons. The quantitative estimate of drug-likeness (QED) is 0.859. The molecule has 2 atom stereocenters. The molecule has 3 rings (SSSR count). The van der Waals surface area contributed by atoms with Crippen molar-refractivity contribution in [1.82, 2.24) is 15.5 Å². The topological polar surface area (TPSA) is 73.3 Å². The Morgan fingerprint density at radius 2 is 2.23 bits per heavy atom. The monoisotopic (exact) mass is 359 g/mol. The first-order valence-corrected chi connectivity index (χ1v) is 8.66. The fraction of sp³-hybridized carbons (Fsp3) is 0.421. The number of amides is 1. The SMILES string of the molecule is CCC(C)C(=O)NCC1Cc2cc(F)cc(-c3ccc(OC)nn3)c2O1. The highest BCUT2D eigenvalue weighted by Gasteiger charge is 2.28. The van der Waals surface area contributed by atoms with Gasteiger partial charge in [-0.3, -0.25) is 4.79 Å². The molecule has 2 heterocycles. The van der Waals surface area contributed by atoms with Crippen LogP contribution in [-0.4, -0.2) is 35.9 Å². The highest BCUT2D eigenvalue weighted by molar-refractivity contribution is 5.78. The van der Waals surface area contributed by atoms with Crippen molar-refractivity contribution < 1.29 is 18.7 Å². The van der Waals surface area contributed by atoms with E-state index in [1.165, 1.54) is 19.2 Å². The third kappa shape index (κ3) is 3.76. The van der Waals surface area contributed by atoms with E-state index in [1.54, 1.807) is 12.1 Å². The highest BCUT2D eigenvalue weighted by Crippen LogP contribution is 2.38. The van der Waals surface area contributed by atoms with Gasteiger partial charge in [0.25, 0.3) is 0 Å². The zero-order valence-electron chi connectivity index (χ0n) is 15.1. The first-order chi connectivity index (χ1) is 12.5. The fourth-order valence-corrected chi connectivity index (χ4v) is 2.85. The molecule has 0 fully saturated rings. The van der Waals surface area contributed by atoms with Gasteiger partial charge in [-0.05, 0) is 24.6 Å². The zero-order valence-corrected chi connectivity index (χ0v) is 15.1. The number of nitrogens with zero attached hydrogens (tertiary/aromatic N) is 2. The molecule has 0 bridgehead atoms. The lowest BCUT2D eigenvalue weighted by Crippen LogP contribution is -2.37. The van der Waals surface area contributed by atoms with Gasteiger partial charge in [-0.2, -0.15) is 0 Å². The summed E-state index contributed by atoms with van der Waals surface area (Å²) in [6, 6.07) is 6.22. The van der Waals surface area contributed by atoms with Gasteiger partial charge in [-0.15, -0.1) is 10.2 Å². The molecule has 1 aromatic heterocycles. The molecule has 2 unspecified atom stereocenters. The lowest BCUT2D eigenvalue weighted by Gasteiger charge is -2.15. The van der Waals surface area contributed by atoms with E-state index < -0.39 is 0 Å². The fourth-order valence-electron chi connectivity index (χ4n) is 2.85. The molecule has 138 valence electrons. The second kappa shape index (κ2) is 7.68. The van der Waals surface area contributed by atoms with Crippen molar-refractivity contribution in [2.24, 2.45) is 5.92 Å². The molecule has 0 saturated heterocycles. The first-order valence-electron chi connectivity index (χ1n) is 8.66. The maximum atomic E-state index is 14.0. The minimum absolute atomic E-state index is 0.000480. The summed E-state index contributed by atoms with van der Waals surface area (Å²) in [5, 5.41) is 10.9. The molecule has 1 N–H and O–H groups in total. The van der Waals surface area contributed by atoms with E-state index in [2.05, 4.69) is 15.5 Å². The molecular formula is C19H22FN3O3. The average molecular weight is 359 g/mol. The van der Waals surface area contributed by atoms with Crippen LogP contribution < -0.4 is 14.8 Å². The Morgan fingerprint density at radius 1 is 1.42 bits per heavy atom. The molecule has 7 heteroatoms. The smallest absolute Gasteiger partial charge is 0.233 e. The number of aromatic nitrogens is 2. The third-order valence-corrected chi connectivity index (χ3v) is 4.55. The Morgan fingerprint density at radius 3 is 2.88 bits per heavy atom. The number of benzene rings is 1. The van der Waals surface area contributed by atoms with Crippen LogP contribution in [0.15, 0.2) is 24.3 Å². The summed E-state index contributed by atoms with van der Waals surface area (Å²) in [6.45, 7) is 4.24. The highest BCUT2D eigenvalue weighted by atomic mass is 19.1. The summed E-state index contributed by atoms with van der Waals surface area (Å²) in [5.74, 6) is 0.576. The van der Waals surface area contributed by atoms with Crippen LogP contribution in [0, 0.1) is 11.7 Å². The number of fused-ring (bicyclic) bond motifs is 1. The number of carbonyl (C=O) groups excluding carboxylic acids is 1. The minimum atomic E-state index is -0.357. The minimum Gasteiger partial charge on any atom is -0.487 e. The van der Waals surface area contributed by atoms with E-state index in [4.69, 9.17) is 9.47 Å². The van der Waals surface area contributed by atoms with E-state index in [0.29, 0.717) is 35.9 Å². The number of halogens is 1. The van der Waals surface area contributed by atoms with Crippen molar-refractivity contribution in [3.8, 4) is 22.9 Å². The Hall–Kier alpha value is -2.70. The van der Waals surface area contributed by atoms with Gasteiger partial charge in [0.05, 0.1) is 19.3 Å². The van der Waals surface area contributed by atoms with E-state index in [0.717, 1.165) is 12.0 Å². The Bertz CT molecular complexity index is 795. The number of carbonyl (C=O) groups is 1. The van der Waals surface area contributed by atoms with Crippen molar-refractivity contribution in [3.63, 3.8) is 0 Å². The lowest BCUT2D eigenvalue weighted by atomic mass is 10.0. The Labute approximate surface area is 151 Å². The van der Waals surface area contributed by atoms with Gasteiger partial charge in [0, 0.05) is 29.5 Å². The summed E-state index contributed by atoms with van der Waals surface area (Å²) >= 11 is 0. The maximum absolute atomic E-state index is 14.0. The molecule has 0 saturated carbocycles. The summed E-state index contributed by atoms with van der Waals surface area (Å²) < 4.78 is 25.0. The molecule has 1 aliphatic rings. The van der Waals surface area contributed by atoms with Gasteiger partial charge in [-0.25, -0.2) is 4.39 Å². The van der Waals surface area contributed by atoms with Gasteiger partial charge in [0.1, 0.15) is 17.7 Å². The van der Waals surface area contributed by atoms with E-state index in [-0.39, 0.29) is 23.7 Å². The van der Waals surface area contributed by atoms with Crippen LogP contribution in [0.1, 0.15) is 25.8 Å². The van der Waals surface area contributed by atoms with E-state index in [1.807, 2.05) is 13.8 Å².